The molecule has 0 aromatic heterocycles. The van der Waals surface area contributed by atoms with Gasteiger partial charge >= 0.3 is 5.97 Å². The monoisotopic (exact) mass is 319 g/mol. The van der Waals surface area contributed by atoms with Crippen molar-refractivity contribution in [2.75, 3.05) is 6.61 Å². The van der Waals surface area contributed by atoms with Crippen molar-refractivity contribution in [3.8, 4) is 0 Å². The SMILES string of the molecule is [CH2]CCCCCCCCCOOC(=O)c1c(C)cc(C)cc1C. The fraction of sp³-hybridized carbons (Fsp3) is 0.600. The summed E-state index contributed by atoms with van der Waals surface area (Å²) in [6.07, 6.45) is 9.37. The van der Waals surface area contributed by atoms with Crippen LogP contribution in [0.4, 0.5) is 0 Å². The Labute approximate surface area is 141 Å². The highest BCUT2D eigenvalue weighted by atomic mass is 17.2. The molecule has 0 aliphatic heterocycles. The lowest BCUT2D eigenvalue weighted by Gasteiger charge is -2.10. The van der Waals surface area contributed by atoms with Crippen LogP contribution in [0.1, 0.15) is 78.4 Å². The Bertz CT molecular complexity index is 457. The first kappa shape index (κ1) is 19.7. The minimum atomic E-state index is -0.395. The fourth-order valence-corrected chi connectivity index (χ4v) is 2.86. The lowest BCUT2D eigenvalue weighted by atomic mass is 10.0. The number of rotatable bonds is 11. The zero-order valence-corrected chi connectivity index (χ0v) is 15.0. The van der Waals surface area contributed by atoms with E-state index in [2.05, 4.69) is 6.92 Å². The Hall–Kier alpha value is -1.35. The zero-order chi connectivity index (χ0) is 17.1. The van der Waals surface area contributed by atoms with E-state index in [9.17, 15) is 4.79 Å². The van der Waals surface area contributed by atoms with Crippen molar-refractivity contribution >= 4 is 5.97 Å². The van der Waals surface area contributed by atoms with Gasteiger partial charge in [0.05, 0.1) is 12.2 Å². The molecule has 1 rings (SSSR count). The molecule has 0 fully saturated rings. The van der Waals surface area contributed by atoms with Gasteiger partial charge in [0, 0.05) is 0 Å². The standard InChI is InChI=1S/C20H31O3/c1-5-6-7-8-9-10-11-12-13-22-23-20(21)19-17(3)14-16(2)15-18(19)4/h14-15H,1,5-13H2,2-4H3. The van der Waals surface area contributed by atoms with Gasteiger partial charge in [0.1, 0.15) is 0 Å². The molecule has 0 N–H and O–H groups in total. The van der Waals surface area contributed by atoms with Crippen LogP contribution in [0.25, 0.3) is 0 Å². The highest BCUT2D eigenvalue weighted by Gasteiger charge is 2.15. The lowest BCUT2D eigenvalue weighted by molar-refractivity contribution is -0.241. The summed E-state index contributed by atoms with van der Waals surface area (Å²) in [5, 5.41) is 0. The van der Waals surface area contributed by atoms with E-state index in [1.165, 1.54) is 32.1 Å². The topological polar surface area (TPSA) is 35.5 Å². The van der Waals surface area contributed by atoms with Gasteiger partial charge in [-0.25, -0.2) is 4.79 Å². The van der Waals surface area contributed by atoms with Gasteiger partial charge in [0.15, 0.2) is 0 Å². The van der Waals surface area contributed by atoms with Crippen molar-refractivity contribution in [2.24, 2.45) is 0 Å². The summed E-state index contributed by atoms with van der Waals surface area (Å²) in [5.74, 6) is -0.395. The summed E-state index contributed by atoms with van der Waals surface area (Å²) in [4.78, 5) is 22.1. The normalized spacial score (nSPS) is 10.8. The molecule has 0 spiro atoms. The smallest absolute Gasteiger partial charge is 0.293 e. The number of benzene rings is 1. The molecule has 3 nitrogen and oxygen atoms in total. The third-order valence-corrected chi connectivity index (χ3v) is 3.99. The molecule has 0 bridgehead atoms. The van der Waals surface area contributed by atoms with Gasteiger partial charge in [-0.1, -0.05) is 69.6 Å². The summed E-state index contributed by atoms with van der Waals surface area (Å²) in [7, 11) is 0. The minimum absolute atomic E-state index is 0.395. The van der Waals surface area contributed by atoms with Crippen LogP contribution >= 0.6 is 0 Å². The Morgan fingerprint density at radius 2 is 1.43 bits per heavy atom. The Balaban J connectivity index is 2.16. The summed E-state index contributed by atoms with van der Waals surface area (Å²) in [6, 6.07) is 3.97. The number of unbranched alkanes of at least 4 members (excludes halogenated alkanes) is 7. The molecule has 0 atom stereocenters. The Kier molecular flexibility index (Phi) is 9.61. The number of hydrogen-bond acceptors (Lipinski definition) is 3. The average Bonchev–Trinajstić information content (AvgIpc) is 2.48. The second-order valence-electron chi connectivity index (χ2n) is 6.29. The minimum Gasteiger partial charge on any atom is -0.293 e. The number of aryl methyl sites for hydroxylation is 3. The van der Waals surface area contributed by atoms with Gasteiger partial charge in [0.2, 0.25) is 0 Å². The van der Waals surface area contributed by atoms with Gasteiger partial charge in [-0.15, -0.1) is 0 Å². The van der Waals surface area contributed by atoms with Crippen molar-refractivity contribution in [1.82, 2.24) is 0 Å². The van der Waals surface area contributed by atoms with Gasteiger partial charge in [-0.2, -0.15) is 4.89 Å². The molecular weight excluding hydrogens is 288 g/mol. The van der Waals surface area contributed by atoms with Crippen LogP contribution in [-0.2, 0) is 9.78 Å². The van der Waals surface area contributed by atoms with E-state index in [1.54, 1.807) is 0 Å². The number of carbonyl (C=O) groups is 1. The molecule has 0 saturated heterocycles. The fourth-order valence-electron chi connectivity index (χ4n) is 2.86. The van der Waals surface area contributed by atoms with Crippen LogP contribution in [0, 0.1) is 27.7 Å². The summed E-state index contributed by atoms with van der Waals surface area (Å²) in [5.41, 5.74) is 3.62. The third kappa shape index (κ3) is 7.65. The molecule has 0 aliphatic rings. The quantitative estimate of drug-likeness (QED) is 0.300. The molecule has 0 heterocycles. The number of carbonyl (C=O) groups excluding carboxylic acids is 1. The average molecular weight is 319 g/mol. The predicted octanol–water partition coefficient (Wildman–Crippen LogP) is 5.66. The second-order valence-corrected chi connectivity index (χ2v) is 6.29. The van der Waals surface area contributed by atoms with E-state index in [4.69, 9.17) is 9.78 Å². The molecule has 3 heteroatoms. The first-order chi connectivity index (χ1) is 11.1. The maximum Gasteiger partial charge on any atom is 0.373 e. The van der Waals surface area contributed by atoms with Crippen LogP contribution in [0.15, 0.2) is 12.1 Å². The van der Waals surface area contributed by atoms with Crippen molar-refractivity contribution < 1.29 is 14.6 Å². The number of hydrogen-bond donors (Lipinski definition) is 0. The highest BCUT2D eigenvalue weighted by molar-refractivity contribution is 5.92. The summed E-state index contributed by atoms with van der Waals surface area (Å²) in [6.45, 7) is 10.2. The van der Waals surface area contributed by atoms with Crippen LogP contribution in [0.2, 0.25) is 0 Å². The second kappa shape index (κ2) is 11.2. The van der Waals surface area contributed by atoms with Crippen LogP contribution in [0.3, 0.4) is 0 Å². The maximum absolute atomic E-state index is 12.1. The molecule has 23 heavy (non-hydrogen) atoms. The molecule has 0 amide bonds. The van der Waals surface area contributed by atoms with Crippen molar-refractivity contribution in [1.29, 1.82) is 0 Å². The third-order valence-electron chi connectivity index (χ3n) is 3.99. The zero-order valence-electron chi connectivity index (χ0n) is 15.0. The largest absolute Gasteiger partial charge is 0.373 e. The van der Waals surface area contributed by atoms with Crippen LogP contribution in [-0.4, -0.2) is 12.6 Å². The van der Waals surface area contributed by atoms with E-state index < -0.39 is 5.97 Å². The van der Waals surface area contributed by atoms with Crippen LogP contribution < -0.4 is 0 Å². The molecule has 0 unspecified atom stereocenters. The van der Waals surface area contributed by atoms with E-state index in [1.807, 2.05) is 32.9 Å². The molecule has 129 valence electrons. The lowest BCUT2D eigenvalue weighted by Crippen LogP contribution is -2.10. The first-order valence-electron chi connectivity index (χ1n) is 8.77. The molecule has 0 saturated carbocycles. The predicted molar refractivity (Wildman–Crippen MR) is 94.3 cm³/mol. The first-order valence-corrected chi connectivity index (χ1v) is 8.77. The van der Waals surface area contributed by atoms with Gasteiger partial charge < -0.3 is 0 Å². The van der Waals surface area contributed by atoms with Gasteiger partial charge in [-0.05, 0) is 38.3 Å². The van der Waals surface area contributed by atoms with E-state index in [0.29, 0.717) is 12.2 Å². The molecule has 1 radical (unpaired) electrons. The van der Waals surface area contributed by atoms with Crippen molar-refractivity contribution in [2.45, 2.75) is 72.1 Å². The molecule has 0 aliphatic carbocycles. The van der Waals surface area contributed by atoms with Gasteiger partial charge in [0.25, 0.3) is 0 Å². The van der Waals surface area contributed by atoms with Gasteiger partial charge in [-0.3, -0.25) is 4.89 Å². The highest BCUT2D eigenvalue weighted by Crippen LogP contribution is 2.17. The molecular formula is C20H31O3. The molecule has 1 aromatic carbocycles. The van der Waals surface area contributed by atoms with E-state index in [0.717, 1.165) is 36.0 Å². The summed E-state index contributed by atoms with van der Waals surface area (Å²) < 4.78 is 0. The van der Waals surface area contributed by atoms with E-state index in [-0.39, 0.29) is 0 Å². The van der Waals surface area contributed by atoms with E-state index >= 15 is 0 Å². The Morgan fingerprint density at radius 1 is 0.913 bits per heavy atom. The molecule has 1 aromatic rings. The maximum atomic E-state index is 12.1. The summed E-state index contributed by atoms with van der Waals surface area (Å²) >= 11 is 0. The Morgan fingerprint density at radius 3 is 2.00 bits per heavy atom. The van der Waals surface area contributed by atoms with Crippen molar-refractivity contribution in [3.05, 3.63) is 41.3 Å². The van der Waals surface area contributed by atoms with Crippen molar-refractivity contribution in [3.63, 3.8) is 0 Å². The van der Waals surface area contributed by atoms with Crippen LogP contribution in [0.5, 0.6) is 0 Å².